The highest BCUT2D eigenvalue weighted by Crippen LogP contribution is 2.57. The first-order valence-corrected chi connectivity index (χ1v) is 8.77. The molecule has 3 heterocycles. The molecule has 20 heavy (non-hydrogen) atoms. The Kier molecular flexibility index (Phi) is 3.39. The van der Waals surface area contributed by atoms with Gasteiger partial charge in [-0.1, -0.05) is 31.9 Å². The topological polar surface area (TPSA) is 31.0 Å². The molecule has 2 unspecified atom stereocenters. The fourth-order valence-electron chi connectivity index (χ4n) is 3.42. The molecule has 0 bridgehead atoms. The van der Waals surface area contributed by atoms with Gasteiger partial charge in [0.2, 0.25) is 0 Å². The second kappa shape index (κ2) is 4.99. The van der Waals surface area contributed by atoms with Crippen molar-refractivity contribution in [3.05, 3.63) is 27.0 Å². The molecule has 1 saturated carbocycles. The first-order chi connectivity index (χ1) is 9.69. The highest BCUT2D eigenvalue weighted by Gasteiger charge is 2.62. The minimum absolute atomic E-state index is 0.0756. The normalized spacial score (nSPS) is 48.5. The van der Waals surface area contributed by atoms with E-state index in [1.807, 2.05) is 6.08 Å². The van der Waals surface area contributed by atoms with Crippen molar-refractivity contribution in [2.75, 3.05) is 0 Å². The zero-order valence-corrected chi connectivity index (χ0v) is 14.3. The predicted molar refractivity (Wildman–Crippen MR) is 81.6 cm³/mol. The molecule has 0 aromatic heterocycles. The van der Waals surface area contributed by atoms with E-state index >= 15 is 0 Å². The molecule has 2 saturated heterocycles. The third-order valence-electron chi connectivity index (χ3n) is 4.63. The van der Waals surface area contributed by atoms with Crippen molar-refractivity contribution in [2.24, 2.45) is 11.8 Å². The molecule has 3 nitrogen and oxygen atoms in total. The van der Waals surface area contributed by atoms with Crippen LogP contribution in [0.5, 0.6) is 0 Å². The standard InChI is InChI=1S/C15H16Br2O3/c1-7-12(18-7)9-6-10(9)13-15-14(20-13)11(17)5-8(19-15)3-2-4-16/h3-4,7-10,12-13,15H,5-6H2,1H3/t2?,7?,8-,9-,10+,12?,13+,15+/m1/s1. The molecule has 1 aliphatic carbocycles. The summed E-state index contributed by atoms with van der Waals surface area (Å²) in [6.45, 7) is 2.15. The molecule has 4 aliphatic rings. The lowest BCUT2D eigenvalue weighted by Crippen LogP contribution is -2.50. The van der Waals surface area contributed by atoms with Crippen molar-refractivity contribution in [3.63, 3.8) is 0 Å². The molecule has 0 amide bonds. The van der Waals surface area contributed by atoms with Crippen LogP contribution < -0.4 is 0 Å². The van der Waals surface area contributed by atoms with Crippen LogP contribution in [0.4, 0.5) is 0 Å². The molecular weight excluding hydrogens is 388 g/mol. The summed E-state index contributed by atoms with van der Waals surface area (Å²) in [7, 11) is 0. The Morgan fingerprint density at radius 2 is 2.00 bits per heavy atom. The number of halogens is 2. The van der Waals surface area contributed by atoms with E-state index < -0.39 is 0 Å². The van der Waals surface area contributed by atoms with E-state index in [0.717, 1.165) is 16.7 Å². The van der Waals surface area contributed by atoms with E-state index in [9.17, 15) is 0 Å². The Bertz CT molecular complexity index is 523. The summed E-state index contributed by atoms with van der Waals surface area (Å²) in [5.41, 5.74) is 3.04. The molecule has 0 N–H and O–H groups in total. The van der Waals surface area contributed by atoms with E-state index in [0.29, 0.717) is 24.0 Å². The van der Waals surface area contributed by atoms with E-state index in [-0.39, 0.29) is 18.3 Å². The third kappa shape index (κ3) is 2.24. The van der Waals surface area contributed by atoms with Gasteiger partial charge >= 0.3 is 0 Å². The predicted octanol–water partition coefficient (Wildman–Crippen LogP) is 3.64. The molecule has 3 fully saturated rings. The maximum absolute atomic E-state index is 6.13. The van der Waals surface area contributed by atoms with Gasteiger partial charge in [-0.3, -0.25) is 0 Å². The van der Waals surface area contributed by atoms with Crippen LogP contribution in [0.25, 0.3) is 0 Å². The number of fused-ring (bicyclic) bond motifs is 1. The fraction of sp³-hybridized carbons (Fsp3) is 0.667. The van der Waals surface area contributed by atoms with Crippen LogP contribution in [0, 0.1) is 11.8 Å². The Labute approximate surface area is 135 Å². The molecule has 0 radical (unpaired) electrons. The zero-order valence-electron chi connectivity index (χ0n) is 11.1. The Morgan fingerprint density at radius 1 is 1.25 bits per heavy atom. The second-order valence-corrected chi connectivity index (χ2v) is 7.38. The largest absolute Gasteiger partial charge is 0.487 e. The lowest BCUT2D eigenvalue weighted by atomic mass is 9.95. The second-order valence-electron chi connectivity index (χ2n) is 5.96. The van der Waals surface area contributed by atoms with Gasteiger partial charge < -0.3 is 14.2 Å². The summed E-state index contributed by atoms with van der Waals surface area (Å²) in [6.07, 6.45) is 5.30. The Hall–Kier alpha value is -0.0600. The van der Waals surface area contributed by atoms with Crippen LogP contribution in [0.1, 0.15) is 19.8 Å². The Morgan fingerprint density at radius 3 is 2.70 bits per heavy atom. The lowest BCUT2D eigenvalue weighted by Gasteiger charge is -2.45. The van der Waals surface area contributed by atoms with Crippen LogP contribution in [0.15, 0.2) is 27.0 Å². The molecule has 4 rings (SSSR count). The summed E-state index contributed by atoms with van der Waals surface area (Å²) in [5, 5.41) is 0. The third-order valence-corrected chi connectivity index (χ3v) is 5.61. The molecule has 0 aromatic carbocycles. The van der Waals surface area contributed by atoms with E-state index in [1.165, 1.54) is 6.42 Å². The molecule has 7 atom stereocenters. The summed E-state index contributed by atoms with van der Waals surface area (Å²) >= 11 is 6.85. The SMILES string of the molecule is CC1OC1[C@@H]1C[C@@H]1[C@@H]1OC2=C(Br)C[C@@H](C=C=CBr)O[C@H]21. The van der Waals surface area contributed by atoms with Crippen LogP contribution in [-0.4, -0.2) is 30.5 Å². The van der Waals surface area contributed by atoms with Gasteiger partial charge in [0.15, 0.2) is 6.10 Å². The minimum Gasteiger partial charge on any atom is -0.487 e. The van der Waals surface area contributed by atoms with Gasteiger partial charge in [-0.2, -0.15) is 0 Å². The molecule has 0 aromatic rings. The van der Waals surface area contributed by atoms with Gasteiger partial charge in [-0.25, -0.2) is 0 Å². The number of hydrogen-bond acceptors (Lipinski definition) is 3. The van der Waals surface area contributed by atoms with E-state index in [4.69, 9.17) is 14.2 Å². The van der Waals surface area contributed by atoms with Crippen LogP contribution in [-0.2, 0) is 14.2 Å². The van der Waals surface area contributed by atoms with E-state index in [1.54, 1.807) is 4.99 Å². The zero-order chi connectivity index (χ0) is 13.9. The van der Waals surface area contributed by atoms with Crippen molar-refractivity contribution < 1.29 is 14.2 Å². The molecule has 0 spiro atoms. The van der Waals surface area contributed by atoms with Gasteiger partial charge in [-0.05, 0) is 25.3 Å². The van der Waals surface area contributed by atoms with Crippen molar-refractivity contribution in [2.45, 2.75) is 50.3 Å². The monoisotopic (exact) mass is 402 g/mol. The van der Waals surface area contributed by atoms with E-state index in [2.05, 4.69) is 44.5 Å². The molecular formula is C15H16Br2O3. The number of ether oxygens (including phenoxy) is 3. The summed E-state index contributed by atoms with van der Waals surface area (Å²) in [6, 6.07) is 0. The highest BCUT2D eigenvalue weighted by molar-refractivity contribution is 9.11. The van der Waals surface area contributed by atoms with Gasteiger partial charge in [0, 0.05) is 21.8 Å². The highest BCUT2D eigenvalue weighted by atomic mass is 79.9. The van der Waals surface area contributed by atoms with Crippen molar-refractivity contribution in [1.29, 1.82) is 0 Å². The number of rotatable bonds is 3. The quantitative estimate of drug-likeness (QED) is 0.532. The van der Waals surface area contributed by atoms with Crippen molar-refractivity contribution in [3.8, 4) is 0 Å². The van der Waals surface area contributed by atoms with Crippen molar-refractivity contribution in [1.82, 2.24) is 0 Å². The average Bonchev–Trinajstić information content (AvgIpc) is 3.28. The summed E-state index contributed by atoms with van der Waals surface area (Å²) in [5.74, 6) is 2.28. The minimum atomic E-state index is 0.0756. The Balaban J connectivity index is 1.43. The lowest BCUT2D eigenvalue weighted by molar-refractivity contribution is -0.168. The van der Waals surface area contributed by atoms with Crippen LogP contribution >= 0.6 is 31.9 Å². The first-order valence-electron chi connectivity index (χ1n) is 7.06. The molecule has 108 valence electrons. The number of hydrogen-bond donors (Lipinski definition) is 0. The maximum Gasteiger partial charge on any atom is 0.153 e. The summed E-state index contributed by atoms with van der Waals surface area (Å²) in [4.78, 5) is 1.72. The fourth-order valence-corrected chi connectivity index (χ4v) is 4.21. The van der Waals surface area contributed by atoms with Crippen molar-refractivity contribution >= 4 is 31.9 Å². The average molecular weight is 404 g/mol. The number of epoxide rings is 1. The van der Waals surface area contributed by atoms with Gasteiger partial charge in [-0.15, -0.1) is 5.73 Å². The molecule has 3 aliphatic heterocycles. The van der Waals surface area contributed by atoms with Crippen LogP contribution in [0.2, 0.25) is 0 Å². The van der Waals surface area contributed by atoms with Gasteiger partial charge in [0.05, 0.1) is 18.3 Å². The first kappa shape index (κ1) is 13.6. The summed E-state index contributed by atoms with van der Waals surface area (Å²) < 4.78 is 18.8. The van der Waals surface area contributed by atoms with Gasteiger partial charge in [0.1, 0.15) is 11.9 Å². The maximum atomic E-state index is 6.13. The smallest absolute Gasteiger partial charge is 0.153 e. The molecule has 5 heteroatoms. The van der Waals surface area contributed by atoms with Gasteiger partial charge in [0.25, 0.3) is 0 Å². The van der Waals surface area contributed by atoms with Crippen LogP contribution in [0.3, 0.4) is 0 Å².